The van der Waals surface area contributed by atoms with Gasteiger partial charge in [0, 0.05) is 31.3 Å². The maximum atomic E-state index is 13.4. The van der Waals surface area contributed by atoms with Gasteiger partial charge in [0.2, 0.25) is 5.95 Å². The van der Waals surface area contributed by atoms with E-state index < -0.39 is 5.60 Å². The van der Waals surface area contributed by atoms with Crippen molar-refractivity contribution in [1.29, 1.82) is 0 Å². The van der Waals surface area contributed by atoms with Gasteiger partial charge >= 0.3 is 5.69 Å². The summed E-state index contributed by atoms with van der Waals surface area (Å²) in [5, 5.41) is 14.4. The number of hydrogen-bond donors (Lipinski definition) is 2. The Morgan fingerprint density at radius 2 is 2.00 bits per heavy atom. The van der Waals surface area contributed by atoms with Gasteiger partial charge in [-0.1, -0.05) is 12.2 Å². The van der Waals surface area contributed by atoms with Crippen molar-refractivity contribution in [2.75, 3.05) is 11.9 Å². The van der Waals surface area contributed by atoms with Gasteiger partial charge in [0.1, 0.15) is 5.52 Å². The summed E-state index contributed by atoms with van der Waals surface area (Å²) < 4.78 is 9.40. The average Bonchev–Trinajstić information content (AvgIpc) is 3.30. The summed E-state index contributed by atoms with van der Waals surface area (Å²) in [6, 6.07) is 0.104. The largest absolute Gasteiger partial charge is 0.390 e. The van der Waals surface area contributed by atoms with Crippen molar-refractivity contribution >= 4 is 17.1 Å². The van der Waals surface area contributed by atoms with Crippen LogP contribution in [0.2, 0.25) is 0 Å². The van der Waals surface area contributed by atoms with E-state index in [-0.39, 0.29) is 17.8 Å². The minimum absolute atomic E-state index is 0.0279. The second-order valence-electron chi connectivity index (χ2n) is 11.1. The molecule has 1 saturated heterocycles. The van der Waals surface area contributed by atoms with Gasteiger partial charge in [-0.05, 0) is 68.8 Å². The summed E-state index contributed by atoms with van der Waals surface area (Å²) in [7, 11) is 1.80. The highest BCUT2D eigenvalue weighted by atomic mass is 16.5. The highest BCUT2D eigenvalue weighted by Crippen LogP contribution is 2.59. The molecule has 2 aromatic rings. The van der Waals surface area contributed by atoms with Crippen LogP contribution in [0.5, 0.6) is 0 Å². The zero-order chi connectivity index (χ0) is 22.5. The van der Waals surface area contributed by atoms with Crippen molar-refractivity contribution in [3.8, 4) is 0 Å². The molecular formula is C25H31N5O3. The molecule has 8 heteroatoms. The monoisotopic (exact) mass is 449 g/mol. The van der Waals surface area contributed by atoms with Crippen molar-refractivity contribution in [1.82, 2.24) is 19.1 Å². The molecule has 33 heavy (non-hydrogen) atoms. The first-order valence-corrected chi connectivity index (χ1v) is 12.3. The molecule has 6 aliphatic rings. The molecule has 8 nitrogen and oxygen atoms in total. The minimum atomic E-state index is -0.526. The molecule has 1 aliphatic heterocycles. The normalized spacial score (nSPS) is 39.0. The number of aromatic nitrogens is 4. The molecule has 3 heterocycles. The summed E-state index contributed by atoms with van der Waals surface area (Å²) >= 11 is 0. The van der Waals surface area contributed by atoms with Gasteiger partial charge in [-0.25, -0.2) is 9.78 Å². The third-order valence-electron chi connectivity index (χ3n) is 8.97. The van der Waals surface area contributed by atoms with E-state index in [1.54, 1.807) is 17.8 Å². The van der Waals surface area contributed by atoms with E-state index in [0.29, 0.717) is 35.3 Å². The second-order valence-corrected chi connectivity index (χ2v) is 11.1. The molecule has 4 unspecified atom stereocenters. The van der Waals surface area contributed by atoms with E-state index in [2.05, 4.69) is 29.4 Å². The SMILES string of the molecule is CC1=CC2OCCC2C=C1Nc1ncc2c(n1)n(C1C3CC4CC1CC(O)(C4)C3)c(=O)n2C. The highest BCUT2D eigenvalue weighted by Gasteiger charge is 2.56. The number of aryl methyl sites for hydroxylation is 1. The number of fused-ring (bicyclic) bond motifs is 2. The summed E-state index contributed by atoms with van der Waals surface area (Å²) in [5.74, 6) is 2.16. The predicted molar refractivity (Wildman–Crippen MR) is 124 cm³/mol. The third-order valence-corrected chi connectivity index (χ3v) is 8.97. The number of aliphatic hydroxyl groups is 1. The van der Waals surface area contributed by atoms with Crippen molar-refractivity contribution in [3.05, 3.63) is 40.1 Å². The molecular weight excluding hydrogens is 418 g/mol. The van der Waals surface area contributed by atoms with E-state index in [1.807, 2.05) is 4.57 Å². The number of imidazole rings is 1. The average molecular weight is 450 g/mol. The Balaban J connectivity index is 1.28. The van der Waals surface area contributed by atoms with Gasteiger partial charge < -0.3 is 15.2 Å². The lowest BCUT2D eigenvalue weighted by atomic mass is 9.52. The smallest absolute Gasteiger partial charge is 0.330 e. The van der Waals surface area contributed by atoms with Crippen LogP contribution in [0, 0.1) is 23.7 Å². The maximum absolute atomic E-state index is 13.4. The Morgan fingerprint density at radius 3 is 2.76 bits per heavy atom. The molecule has 174 valence electrons. The third kappa shape index (κ3) is 2.93. The first-order valence-electron chi connectivity index (χ1n) is 12.3. The standard InChI is InChI=1S/C25H31N5O3/c1-13-5-20-15(3-4-33-20)8-18(13)27-23-26-12-19-22(28-23)30(24(31)29(19)2)21-16-6-14-7-17(21)11-25(32,9-14)10-16/h5,8,12,14-17,20-21,32H,3-4,6-7,9-11H2,1-2H3,(H,26,27,28). The number of anilines is 1. The lowest BCUT2D eigenvalue weighted by molar-refractivity contribution is -0.146. The fourth-order valence-electron chi connectivity index (χ4n) is 7.76. The lowest BCUT2D eigenvalue weighted by Crippen LogP contribution is -2.56. The van der Waals surface area contributed by atoms with Gasteiger partial charge in [0.25, 0.3) is 0 Å². The molecule has 2 N–H and O–H groups in total. The van der Waals surface area contributed by atoms with E-state index in [4.69, 9.17) is 9.72 Å². The molecule has 4 saturated carbocycles. The molecule has 4 bridgehead atoms. The van der Waals surface area contributed by atoms with E-state index >= 15 is 0 Å². The molecule has 5 fully saturated rings. The minimum Gasteiger partial charge on any atom is -0.390 e. The second kappa shape index (κ2) is 6.79. The Kier molecular flexibility index (Phi) is 4.11. The predicted octanol–water partition coefficient (Wildman–Crippen LogP) is 2.90. The molecule has 8 rings (SSSR count). The van der Waals surface area contributed by atoms with Crippen molar-refractivity contribution in [2.24, 2.45) is 30.7 Å². The Labute approximate surface area is 192 Å². The van der Waals surface area contributed by atoms with Crippen molar-refractivity contribution in [2.45, 2.75) is 63.2 Å². The fourth-order valence-corrected chi connectivity index (χ4v) is 7.76. The number of nitrogens with one attached hydrogen (secondary N) is 1. The van der Waals surface area contributed by atoms with Crippen LogP contribution in [0.15, 0.2) is 34.4 Å². The topological polar surface area (TPSA) is 94.2 Å². The van der Waals surface area contributed by atoms with Crippen molar-refractivity contribution < 1.29 is 9.84 Å². The maximum Gasteiger partial charge on any atom is 0.330 e. The van der Waals surface area contributed by atoms with Crippen LogP contribution in [0.4, 0.5) is 5.95 Å². The van der Waals surface area contributed by atoms with Crippen LogP contribution in [0.1, 0.15) is 51.5 Å². The Morgan fingerprint density at radius 1 is 1.21 bits per heavy atom. The summed E-state index contributed by atoms with van der Waals surface area (Å²) in [6.07, 6.45) is 12.1. The lowest BCUT2D eigenvalue weighted by Gasteiger charge is -2.58. The molecule has 0 amide bonds. The number of allylic oxidation sites excluding steroid dienone is 1. The van der Waals surface area contributed by atoms with E-state index in [1.165, 1.54) is 0 Å². The quantitative estimate of drug-likeness (QED) is 0.748. The van der Waals surface area contributed by atoms with Crippen LogP contribution in [0.3, 0.4) is 0 Å². The summed E-state index contributed by atoms with van der Waals surface area (Å²) in [4.78, 5) is 22.8. The van der Waals surface area contributed by atoms with Gasteiger partial charge in [0.05, 0.1) is 17.9 Å². The fraction of sp³-hybridized carbons (Fsp3) is 0.640. The van der Waals surface area contributed by atoms with Crippen LogP contribution in [-0.4, -0.2) is 42.5 Å². The molecule has 2 aromatic heterocycles. The van der Waals surface area contributed by atoms with Gasteiger partial charge in [-0.3, -0.25) is 9.13 Å². The molecule has 0 spiro atoms. The van der Waals surface area contributed by atoms with Crippen LogP contribution < -0.4 is 11.0 Å². The Bertz CT molecular complexity index is 1260. The van der Waals surface area contributed by atoms with Gasteiger partial charge in [-0.2, -0.15) is 4.98 Å². The molecule has 4 atom stereocenters. The first kappa shape index (κ1) is 20.0. The van der Waals surface area contributed by atoms with Crippen LogP contribution in [0.25, 0.3) is 11.2 Å². The van der Waals surface area contributed by atoms with E-state index in [0.717, 1.165) is 61.9 Å². The summed E-state index contributed by atoms with van der Waals surface area (Å²) in [6.45, 7) is 2.87. The van der Waals surface area contributed by atoms with Gasteiger partial charge in [-0.15, -0.1) is 0 Å². The zero-order valence-corrected chi connectivity index (χ0v) is 19.2. The molecule has 0 aromatic carbocycles. The molecule has 0 radical (unpaired) electrons. The summed E-state index contributed by atoms with van der Waals surface area (Å²) in [5.41, 5.74) is 3.04. The first-order chi connectivity index (χ1) is 15.9. The zero-order valence-electron chi connectivity index (χ0n) is 19.2. The number of hydrogen-bond acceptors (Lipinski definition) is 6. The highest BCUT2D eigenvalue weighted by molar-refractivity contribution is 5.72. The van der Waals surface area contributed by atoms with Gasteiger partial charge in [0.15, 0.2) is 5.65 Å². The van der Waals surface area contributed by atoms with Crippen molar-refractivity contribution in [3.63, 3.8) is 0 Å². The number of rotatable bonds is 3. The Hall–Kier alpha value is -2.45. The molecule has 5 aliphatic carbocycles. The van der Waals surface area contributed by atoms with Crippen LogP contribution in [-0.2, 0) is 11.8 Å². The number of nitrogens with zero attached hydrogens (tertiary/aromatic N) is 4. The number of ether oxygens (including phenoxy) is 1. The van der Waals surface area contributed by atoms with E-state index in [9.17, 15) is 9.90 Å². The van der Waals surface area contributed by atoms with Crippen LogP contribution >= 0.6 is 0 Å².